The van der Waals surface area contributed by atoms with Gasteiger partial charge >= 0.3 is 6.18 Å². The Labute approximate surface area is 150 Å². The van der Waals surface area contributed by atoms with Crippen LogP contribution in [0.1, 0.15) is 41.5 Å². The monoisotopic (exact) mass is 381 g/mol. The lowest BCUT2D eigenvalue weighted by Gasteiger charge is -2.14. The molecule has 2 N–H and O–H groups in total. The molecule has 0 saturated heterocycles. The van der Waals surface area contributed by atoms with Crippen LogP contribution in [0.3, 0.4) is 0 Å². The van der Waals surface area contributed by atoms with Crippen LogP contribution in [0.2, 0.25) is 0 Å². The Morgan fingerprint density at radius 1 is 0.923 bits per heavy atom. The molecule has 0 heterocycles. The summed E-state index contributed by atoms with van der Waals surface area (Å²) >= 11 is 0. The summed E-state index contributed by atoms with van der Waals surface area (Å²) in [6, 6.07) is 10.5. The predicted molar refractivity (Wildman–Crippen MR) is 94.7 cm³/mol. The molecule has 0 amide bonds. The highest BCUT2D eigenvalue weighted by Gasteiger charge is 2.32. The number of hydrogen-bond acceptors (Lipinski definition) is 2. The number of nitrogens with two attached hydrogens (primary N) is 1. The van der Waals surface area contributed by atoms with E-state index in [0.29, 0.717) is 0 Å². The van der Waals surface area contributed by atoms with E-state index in [1.807, 2.05) is 0 Å². The first-order chi connectivity index (χ1) is 12.1. The van der Waals surface area contributed by atoms with Gasteiger partial charge in [-0.25, -0.2) is 13.6 Å². The maximum atomic E-state index is 13.0. The van der Waals surface area contributed by atoms with E-state index in [0.717, 1.165) is 47.6 Å². The van der Waals surface area contributed by atoms with Crippen molar-refractivity contribution in [2.24, 2.45) is 5.14 Å². The molecule has 0 saturated carbocycles. The molecule has 2 aromatic rings. The first kappa shape index (κ1) is 18.7. The van der Waals surface area contributed by atoms with E-state index in [4.69, 9.17) is 5.14 Å². The molecule has 7 heteroatoms. The highest BCUT2D eigenvalue weighted by Crippen LogP contribution is 2.41. The smallest absolute Gasteiger partial charge is 0.225 e. The van der Waals surface area contributed by atoms with Crippen molar-refractivity contribution in [2.45, 2.75) is 37.3 Å². The van der Waals surface area contributed by atoms with Gasteiger partial charge in [-0.1, -0.05) is 24.3 Å². The van der Waals surface area contributed by atoms with Gasteiger partial charge in [0.1, 0.15) is 0 Å². The van der Waals surface area contributed by atoms with Crippen LogP contribution in [0, 0.1) is 6.92 Å². The summed E-state index contributed by atoms with van der Waals surface area (Å²) in [7, 11) is -3.76. The van der Waals surface area contributed by atoms with Crippen molar-refractivity contribution in [3.8, 4) is 0 Å². The number of hydrogen-bond donors (Lipinski definition) is 1. The van der Waals surface area contributed by atoms with Crippen molar-refractivity contribution in [1.29, 1.82) is 0 Å². The number of benzene rings is 2. The largest absolute Gasteiger partial charge is 0.416 e. The molecule has 3 nitrogen and oxygen atoms in total. The lowest BCUT2D eigenvalue weighted by atomic mass is 9.94. The van der Waals surface area contributed by atoms with Crippen molar-refractivity contribution >= 4 is 21.2 Å². The second kappa shape index (κ2) is 6.55. The topological polar surface area (TPSA) is 60.2 Å². The van der Waals surface area contributed by atoms with Gasteiger partial charge in [0.15, 0.2) is 0 Å². The summed E-state index contributed by atoms with van der Waals surface area (Å²) in [5, 5.41) is 5.11. The van der Waals surface area contributed by atoms with Crippen LogP contribution >= 0.6 is 0 Å². The highest BCUT2D eigenvalue weighted by atomic mass is 32.2. The van der Waals surface area contributed by atoms with Crippen LogP contribution in [-0.2, 0) is 16.2 Å². The number of alkyl halides is 3. The van der Waals surface area contributed by atoms with Crippen LogP contribution in [-0.4, -0.2) is 8.42 Å². The number of sulfonamides is 1. The highest BCUT2D eigenvalue weighted by molar-refractivity contribution is 7.89. The van der Waals surface area contributed by atoms with E-state index in [1.54, 1.807) is 18.2 Å². The van der Waals surface area contributed by atoms with Gasteiger partial charge in [-0.3, -0.25) is 0 Å². The first-order valence-corrected chi connectivity index (χ1v) is 9.65. The van der Waals surface area contributed by atoms with Crippen LogP contribution in [0.25, 0.3) is 11.1 Å². The molecule has 26 heavy (non-hydrogen) atoms. The van der Waals surface area contributed by atoms with Crippen molar-refractivity contribution in [1.82, 2.24) is 0 Å². The second-order valence-corrected chi connectivity index (χ2v) is 7.97. The van der Waals surface area contributed by atoms with E-state index in [2.05, 4.69) is 0 Å². The van der Waals surface area contributed by atoms with Crippen molar-refractivity contribution < 1.29 is 21.6 Å². The summed E-state index contributed by atoms with van der Waals surface area (Å²) in [5.41, 5.74) is 3.24. The third-order valence-corrected chi connectivity index (χ3v) is 5.56. The van der Waals surface area contributed by atoms with Crippen LogP contribution in [0.15, 0.2) is 47.4 Å². The SMILES string of the molecule is Cc1cc(C2=C(c3ccc(S(N)(=O)=O)cc3)CCC2)ccc1C(F)(F)F. The lowest BCUT2D eigenvalue weighted by Crippen LogP contribution is -2.11. The molecule has 3 rings (SSSR count). The van der Waals surface area contributed by atoms with Crippen LogP contribution in [0.5, 0.6) is 0 Å². The fraction of sp³-hybridized carbons (Fsp3) is 0.263. The maximum Gasteiger partial charge on any atom is 0.416 e. The first-order valence-electron chi connectivity index (χ1n) is 8.11. The van der Waals surface area contributed by atoms with Gasteiger partial charge in [-0.05, 0) is 72.2 Å². The molecule has 0 radical (unpaired) electrons. The zero-order chi connectivity index (χ0) is 19.1. The predicted octanol–water partition coefficient (Wildman–Crippen LogP) is 4.76. The van der Waals surface area contributed by atoms with Gasteiger partial charge in [-0.2, -0.15) is 13.2 Å². The van der Waals surface area contributed by atoms with Gasteiger partial charge in [0.25, 0.3) is 0 Å². The number of primary sulfonamides is 1. The molecule has 138 valence electrons. The van der Waals surface area contributed by atoms with Crippen molar-refractivity contribution in [3.63, 3.8) is 0 Å². The zero-order valence-corrected chi connectivity index (χ0v) is 14.9. The molecule has 0 unspecified atom stereocenters. The fourth-order valence-electron chi connectivity index (χ4n) is 3.40. The Balaban J connectivity index is 2.02. The zero-order valence-electron chi connectivity index (χ0n) is 14.1. The Kier molecular flexibility index (Phi) is 4.71. The fourth-order valence-corrected chi connectivity index (χ4v) is 3.91. The summed E-state index contributed by atoms with van der Waals surface area (Å²) in [5.74, 6) is 0. The number of rotatable bonds is 3. The van der Waals surface area contributed by atoms with Crippen molar-refractivity contribution in [3.05, 3.63) is 64.7 Å². The third kappa shape index (κ3) is 3.68. The van der Waals surface area contributed by atoms with E-state index >= 15 is 0 Å². The molecule has 1 aliphatic carbocycles. The van der Waals surface area contributed by atoms with Crippen molar-refractivity contribution in [2.75, 3.05) is 0 Å². The third-order valence-electron chi connectivity index (χ3n) is 4.63. The summed E-state index contributed by atoms with van der Waals surface area (Å²) in [6.07, 6.45) is -1.89. The molecule has 0 spiro atoms. The lowest BCUT2D eigenvalue weighted by molar-refractivity contribution is -0.138. The Hall–Kier alpha value is -2.12. The number of aryl methyl sites for hydroxylation is 1. The quantitative estimate of drug-likeness (QED) is 0.834. The minimum atomic E-state index is -4.36. The van der Waals surface area contributed by atoms with E-state index in [9.17, 15) is 21.6 Å². The molecule has 1 aliphatic rings. The maximum absolute atomic E-state index is 13.0. The van der Waals surface area contributed by atoms with Crippen LogP contribution in [0.4, 0.5) is 13.2 Å². The standard InChI is InChI=1S/C19H18F3NO2S/c1-12-11-14(7-10-18(12)19(20,21)22)17-4-2-3-16(17)13-5-8-15(9-6-13)26(23,24)25/h5-11H,2-4H2,1H3,(H2,23,24,25). The normalized spacial score (nSPS) is 15.6. The molecule has 0 aliphatic heterocycles. The number of halogens is 3. The summed E-state index contributed by atoms with van der Waals surface area (Å²) in [4.78, 5) is 0.0340. The van der Waals surface area contributed by atoms with E-state index < -0.39 is 21.8 Å². The Bertz CT molecular complexity index is 975. The molecular weight excluding hydrogens is 363 g/mol. The molecule has 0 aromatic heterocycles. The molecular formula is C19H18F3NO2S. The van der Waals surface area contributed by atoms with Gasteiger partial charge in [0.2, 0.25) is 10.0 Å². The summed E-state index contributed by atoms with van der Waals surface area (Å²) < 4.78 is 61.6. The van der Waals surface area contributed by atoms with Gasteiger partial charge in [-0.15, -0.1) is 0 Å². The molecule has 0 fully saturated rings. The molecule has 0 bridgehead atoms. The minimum Gasteiger partial charge on any atom is -0.225 e. The van der Waals surface area contributed by atoms with Gasteiger partial charge in [0.05, 0.1) is 10.5 Å². The van der Waals surface area contributed by atoms with E-state index in [1.165, 1.54) is 25.1 Å². The minimum absolute atomic E-state index is 0.0340. The average molecular weight is 381 g/mol. The second-order valence-electron chi connectivity index (χ2n) is 6.41. The Morgan fingerprint density at radius 2 is 1.46 bits per heavy atom. The Morgan fingerprint density at radius 3 is 1.96 bits per heavy atom. The van der Waals surface area contributed by atoms with Gasteiger partial charge in [0, 0.05) is 0 Å². The molecule has 0 atom stereocenters. The van der Waals surface area contributed by atoms with E-state index in [-0.39, 0.29) is 10.5 Å². The summed E-state index contributed by atoms with van der Waals surface area (Å²) in [6.45, 7) is 1.46. The number of allylic oxidation sites excluding steroid dienone is 2. The average Bonchev–Trinajstić information content (AvgIpc) is 3.02. The van der Waals surface area contributed by atoms with Gasteiger partial charge < -0.3 is 0 Å². The molecule has 2 aromatic carbocycles. The van der Waals surface area contributed by atoms with Crippen LogP contribution < -0.4 is 5.14 Å².